The van der Waals surface area contributed by atoms with Crippen LogP contribution in [0.25, 0.3) is 0 Å². The molecule has 0 unspecified atom stereocenters. The molecule has 4 heteroatoms. The van der Waals surface area contributed by atoms with Crippen molar-refractivity contribution >= 4 is 0 Å². The van der Waals surface area contributed by atoms with E-state index in [1.165, 1.54) is 6.42 Å². The molecule has 0 saturated heterocycles. The predicted octanol–water partition coefficient (Wildman–Crippen LogP) is 1.26. The van der Waals surface area contributed by atoms with Crippen molar-refractivity contribution in [3.8, 4) is 0 Å². The smallest absolute Gasteiger partial charge is 0.182 e. The number of hydrogen-bond acceptors (Lipinski definition) is 3. The Labute approximate surface area is 77.4 Å². The van der Waals surface area contributed by atoms with E-state index in [2.05, 4.69) is 15.2 Å². The Morgan fingerprint density at radius 1 is 1.31 bits per heavy atom. The summed E-state index contributed by atoms with van der Waals surface area (Å²) in [5.41, 5.74) is -0.761. The number of aryl methyl sites for hydroxylation is 1. The minimum atomic E-state index is -0.761. The second kappa shape index (κ2) is 3.10. The predicted molar refractivity (Wildman–Crippen MR) is 48.1 cm³/mol. The first-order valence-corrected chi connectivity index (χ1v) is 4.83. The van der Waals surface area contributed by atoms with Crippen molar-refractivity contribution in [2.45, 2.75) is 44.6 Å². The van der Waals surface area contributed by atoms with Crippen molar-refractivity contribution in [1.82, 2.24) is 15.2 Å². The summed E-state index contributed by atoms with van der Waals surface area (Å²) in [6.07, 6.45) is 4.95. The zero-order valence-corrected chi connectivity index (χ0v) is 7.88. The maximum Gasteiger partial charge on any atom is 0.182 e. The van der Waals surface area contributed by atoms with E-state index < -0.39 is 5.60 Å². The lowest BCUT2D eigenvalue weighted by molar-refractivity contribution is -0.00864. The average molecular weight is 181 g/mol. The molecule has 1 aromatic heterocycles. The van der Waals surface area contributed by atoms with Gasteiger partial charge in [-0.15, -0.1) is 0 Å². The highest BCUT2D eigenvalue weighted by Crippen LogP contribution is 2.34. The summed E-state index contributed by atoms with van der Waals surface area (Å²) in [5.74, 6) is 1.35. The molecule has 0 aliphatic heterocycles. The van der Waals surface area contributed by atoms with Crippen LogP contribution in [0.4, 0.5) is 0 Å². The van der Waals surface area contributed by atoms with Crippen molar-refractivity contribution < 1.29 is 5.11 Å². The first-order chi connectivity index (χ1) is 6.21. The topological polar surface area (TPSA) is 61.8 Å². The van der Waals surface area contributed by atoms with E-state index in [9.17, 15) is 5.11 Å². The summed E-state index contributed by atoms with van der Waals surface area (Å²) >= 11 is 0. The van der Waals surface area contributed by atoms with Crippen LogP contribution in [0.5, 0.6) is 0 Å². The molecule has 72 valence electrons. The lowest BCUT2D eigenvalue weighted by Crippen LogP contribution is -2.29. The van der Waals surface area contributed by atoms with Gasteiger partial charge in [-0.1, -0.05) is 19.3 Å². The fourth-order valence-electron chi connectivity index (χ4n) is 1.91. The molecule has 0 bridgehead atoms. The lowest BCUT2D eigenvalue weighted by atomic mass is 9.84. The molecule has 1 aliphatic carbocycles. The molecule has 1 aliphatic rings. The van der Waals surface area contributed by atoms with Gasteiger partial charge >= 0.3 is 0 Å². The van der Waals surface area contributed by atoms with E-state index in [1.54, 1.807) is 0 Å². The zero-order valence-electron chi connectivity index (χ0n) is 7.88. The third-order valence-corrected chi connectivity index (χ3v) is 2.69. The van der Waals surface area contributed by atoms with Crippen LogP contribution >= 0.6 is 0 Å². The molecule has 0 spiro atoms. The van der Waals surface area contributed by atoms with Gasteiger partial charge < -0.3 is 5.11 Å². The van der Waals surface area contributed by atoms with Gasteiger partial charge in [-0.25, -0.2) is 4.98 Å². The molecule has 1 aromatic rings. The average Bonchev–Trinajstić information content (AvgIpc) is 2.54. The van der Waals surface area contributed by atoms with Gasteiger partial charge in [0, 0.05) is 0 Å². The summed E-state index contributed by atoms with van der Waals surface area (Å²) in [7, 11) is 0. The van der Waals surface area contributed by atoms with Crippen LogP contribution in [0.1, 0.15) is 43.8 Å². The van der Waals surface area contributed by atoms with Gasteiger partial charge in [0.25, 0.3) is 0 Å². The van der Waals surface area contributed by atoms with Crippen LogP contribution in [0.15, 0.2) is 0 Å². The van der Waals surface area contributed by atoms with E-state index in [0.717, 1.165) is 31.5 Å². The Balaban J connectivity index is 2.22. The monoisotopic (exact) mass is 181 g/mol. The largest absolute Gasteiger partial charge is 0.382 e. The Bertz CT molecular complexity index is 289. The van der Waals surface area contributed by atoms with Crippen LogP contribution in [0.2, 0.25) is 0 Å². The van der Waals surface area contributed by atoms with E-state index in [1.807, 2.05) is 6.92 Å². The fraction of sp³-hybridized carbons (Fsp3) is 0.778. The van der Waals surface area contributed by atoms with Gasteiger partial charge in [0.05, 0.1) is 0 Å². The highest BCUT2D eigenvalue weighted by atomic mass is 16.3. The number of aromatic amines is 1. The molecule has 0 atom stereocenters. The Hall–Kier alpha value is -0.900. The van der Waals surface area contributed by atoms with E-state index >= 15 is 0 Å². The number of hydrogen-bond donors (Lipinski definition) is 2. The highest BCUT2D eigenvalue weighted by molar-refractivity contribution is 5.02. The maximum atomic E-state index is 10.2. The van der Waals surface area contributed by atoms with Crippen molar-refractivity contribution in [3.05, 3.63) is 11.6 Å². The molecular formula is C9H15N3O. The number of nitrogens with one attached hydrogen (secondary N) is 1. The summed E-state index contributed by atoms with van der Waals surface area (Å²) in [5, 5.41) is 17.0. The molecule has 2 N–H and O–H groups in total. The molecule has 4 nitrogen and oxygen atoms in total. The standard InChI is InChI=1S/C9H15N3O/c1-7-10-8(12-11-7)9(13)5-3-2-4-6-9/h13H,2-6H2,1H3,(H,10,11,12). The van der Waals surface area contributed by atoms with Crippen molar-refractivity contribution in [2.24, 2.45) is 0 Å². The third kappa shape index (κ3) is 1.58. The molecule has 13 heavy (non-hydrogen) atoms. The summed E-state index contributed by atoms with van der Waals surface area (Å²) in [6, 6.07) is 0. The summed E-state index contributed by atoms with van der Waals surface area (Å²) in [6.45, 7) is 1.85. The number of aromatic nitrogens is 3. The van der Waals surface area contributed by atoms with Crippen molar-refractivity contribution in [2.75, 3.05) is 0 Å². The molecule has 0 radical (unpaired) electrons. The van der Waals surface area contributed by atoms with Gasteiger partial charge in [0.1, 0.15) is 11.4 Å². The second-order valence-corrected chi connectivity index (χ2v) is 3.84. The van der Waals surface area contributed by atoms with Crippen LogP contribution in [-0.2, 0) is 5.60 Å². The van der Waals surface area contributed by atoms with Crippen molar-refractivity contribution in [1.29, 1.82) is 0 Å². The number of H-pyrrole nitrogens is 1. The lowest BCUT2D eigenvalue weighted by Gasteiger charge is -2.28. The first kappa shape index (κ1) is 8.69. The van der Waals surface area contributed by atoms with Gasteiger partial charge in [0.15, 0.2) is 5.82 Å². The number of aliphatic hydroxyl groups is 1. The zero-order chi connectivity index (χ0) is 9.31. The second-order valence-electron chi connectivity index (χ2n) is 3.84. The first-order valence-electron chi connectivity index (χ1n) is 4.83. The van der Waals surface area contributed by atoms with Gasteiger partial charge in [-0.2, -0.15) is 5.10 Å². The summed E-state index contributed by atoms with van der Waals surface area (Å²) in [4.78, 5) is 4.19. The minimum absolute atomic E-state index is 0.574. The molecule has 0 aromatic carbocycles. The van der Waals surface area contributed by atoms with Crippen LogP contribution < -0.4 is 0 Å². The number of rotatable bonds is 1. The highest BCUT2D eigenvalue weighted by Gasteiger charge is 2.34. The van der Waals surface area contributed by atoms with Crippen LogP contribution in [-0.4, -0.2) is 20.3 Å². The Morgan fingerprint density at radius 3 is 2.54 bits per heavy atom. The van der Waals surface area contributed by atoms with E-state index in [0.29, 0.717) is 5.82 Å². The maximum absolute atomic E-state index is 10.2. The third-order valence-electron chi connectivity index (χ3n) is 2.69. The van der Waals surface area contributed by atoms with Gasteiger partial charge in [-0.05, 0) is 19.8 Å². The molecule has 0 amide bonds. The molecule has 1 fully saturated rings. The van der Waals surface area contributed by atoms with Crippen LogP contribution in [0, 0.1) is 6.92 Å². The Kier molecular flexibility index (Phi) is 2.07. The summed E-state index contributed by atoms with van der Waals surface area (Å²) < 4.78 is 0. The number of nitrogens with zero attached hydrogens (tertiary/aromatic N) is 2. The fourth-order valence-corrected chi connectivity index (χ4v) is 1.91. The molecule has 1 saturated carbocycles. The van der Waals surface area contributed by atoms with Crippen LogP contribution in [0.3, 0.4) is 0 Å². The molecule has 2 rings (SSSR count). The van der Waals surface area contributed by atoms with Crippen molar-refractivity contribution in [3.63, 3.8) is 0 Å². The minimum Gasteiger partial charge on any atom is -0.382 e. The normalized spacial score (nSPS) is 21.7. The molecule has 1 heterocycles. The SMILES string of the molecule is Cc1nc(C2(O)CCCCC2)n[nH]1. The quantitative estimate of drug-likeness (QED) is 0.685. The van der Waals surface area contributed by atoms with Gasteiger partial charge in [0.2, 0.25) is 0 Å². The van der Waals surface area contributed by atoms with E-state index in [4.69, 9.17) is 0 Å². The Morgan fingerprint density at radius 2 is 2.00 bits per heavy atom. The molecular weight excluding hydrogens is 166 g/mol. The van der Waals surface area contributed by atoms with Gasteiger partial charge in [-0.3, -0.25) is 5.10 Å². The van der Waals surface area contributed by atoms with E-state index in [-0.39, 0.29) is 0 Å².